The zero-order valence-corrected chi connectivity index (χ0v) is 20.6. The molecule has 1 unspecified atom stereocenters. The van der Waals surface area contributed by atoms with Crippen LogP contribution in [-0.4, -0.2) is 40.4 Å². The van der Waals surface area contributed by atoms with Crippen LogP contribution in [0.4, 0.5) is 11.5 Å². The van der Waals surface area contributed by atoms with Crippen molar-refractivity contribution in [1.29, 1.82) is 0 Å². The smallest absolute Gasteiger partial charge is 0.332 e. The van der Waals surface area contributed by atoms with Gasteiger partial charge in [0.2, 0.25) is 6.35 Å². The number of aliphatic hydroxyl groups is 1. The van der Waals surface area contributed by atoms with Crippen molar-refractivity contribution in [2.24, 2.45) is 7.05 Å². The second kappa shape index (κ2) is 11.3. The molecule has 3 aromatic rings. The number of nitrogens with one attached hydrogen (secondary N) is 1. The predicted octanol–water partition coefficient (Wildman–Crippen LogP) is 2.80. The lowest BCUT2D eigenvalue weighted by atomic mass is 10.2. The van der Waals surface area contributed by atoms with Crippen molar-refractivity contribution in [1.82, 2.24) is 9.13 Å². The topological polar surface area (TPSA) is 98.0 Å². The Labute approximate surface area is 212 Å². The second-order valence-electron chi connectivity index (χ2n) is 8.02. The Balaban J connectivity index is 1.68. The molecular weight excluding hydrogens is 495 g/mol. The van der Waals surface area contributed by atoms with E-state index in [1.165, 1.54) is 4.57 Å². The highest BCUT2D eigenvalue weighted by molar-refractivity contribution is 6.30. The van der Waals surface area contributed by atoms with Crippen LogP contribution >= 0.6 is 23.2 Å². The van der Waals surface area contributed by atoms with Gasteiger partial charge >= 0.3 is 5.69 Å². The van der Waals surface area contributed by atoms with Gasteiger partial charge in [-0.25, -0.2) is 4.79 Å². The molecule has 1 aliphatic rings. The molecule has 0 spiro atoms. The fourth-order valence-electron chi connectivity index (χ4n) is 3.89. The normalized spacial score (nSPS) is 14.7. The zero-order valence-electron chi connectivity index (χ0n) is 19.1. The molecule has 9 nitrogen and oxygen atoms in total. The number of aromatic nitrogens is 2. The minimum Gasteiger partial charge on any atom is -0.394 e. The zero-order chi connectivity index (χ0) is 24.9. The van der Waals surface area contributed by atoms with Gasteiger partial charge in [0.15, 0.2) is 0 Å². The largest absolute Gasteiger partial charge is 0.394 e. The van der Waals surface area contributed by atoms with Gasteiger partial charge in [0, 0.05) is 23.6 Å². The summed E-state index contributed by atoms with van der Waals surface area (Å²) in [5, 5.41) is 13.3. The molecule has 2 aromatic carbocycles. The third kappa shape index (κ3) is 5.71. The number of hydrogen-bond donors (Lipinski definition) is 2. The number of fused-ring (bicyclic) bond motifs is 1. The monoisotopic (exact) mass is 520 g/mol. The highest BCUT2D eigenvalue weighted by Gasteiger charge is 2.35. The minimum absolute atomic E-state index is 0.0572. The first kappa shape index (κ1) is 25.3. The van der Waals surface area contributed by atoms with Crippen LogP contribution in [0.25, 0.3) is 0 Å². The maximum absolute atomic E-state index is 13.5. The highest BCUT2D eigenvalue weighted by atomic mass is 35.5. The molecule has 0 radical (unpaired) electrons. The molecule has 11 heteroatoms. The lowest BCUT2D eigenvalue weighted by Gasteiger charge is -2.26. The van der Waals surface area contributed by atoms with E-state index < -0.39 is 17.6 Å². The lowest BCUT2D eigenvalue weighted by molar-refractivity contribution is 0.0593. The number of rotatable bonds is 10. The van der Waals surface area contributed by atoms with Crippen molar-refractivity contribution in [3.05, 3.63) is 90.5 Å². The van der Waals surface area contributed by atoms with Gasteiger partial charge in [0.1, 0.15) is 11.5 Å². The average Bonchev–Trinajstić information content (AvgIpc) is 3.20. The molecule has 1 aromatic heterocycles. The van der Waals surface area contributed by atoms with Crippen LogP contribution in [-0.2, 0) is 36.2 Å². The Hall–Kier alpha value is -2.82. The van der Waals surface area contributed by atoms with Crippen molar-refractivity contribution < 1.29 is 14.6 Å². The molecule has 2 N–H and O–H groups in total. The summed E-state index contributed by atoms with van der Waals surface area (Å²) in [6.45, 7) is 0.743. The summed E-state index contributed by atoms with van der Waals surface area (Å²) in [5.41, 5.74) is 1.17. The number of benzene rings is 2. The van der Waals surface area contributed by atoms with Gasteiger partial charge in [0.25, 0.3) is 5.56 Å². The molecule has 0 saturated heterocycles. The van der Waals surface area contributed by atoms with Crippen LogP contribution in [0.15, 0.2) is 58.1 Å². The van der Waals surface area contributed by atoms with Crippen molar-refractivity contribution in [2.75, 3.05) is 30.0 Å². The predicted molar refractivity (Wildman–Crippen MR) is 135 cm³/mol. The molecule has 0 amide bonds. The molecule has 4 rings (SSSR count). The Morgan fingerprint density at radius 1 is 1.03 bits per heavy atom. The first-order chi connectivity index (χ1) is 16.9. The Morgan fingerprint density at radius 2 is 1.80 bits per heavy atom. The van der Waals surface area contributed by atoms with E-state index in [-0.39, 0.29) is 33.0 Å². The maximum Gasteiger partial charge on any atom is 0.332 e. The SMILES string of the molecule is Cn1c2c(c(=O)n(CCOCCO)c1=O)N(Cc1ccc(Cl)cc1)C(OCc1cccc(Cl)c1)N2. The quantitative estimate of drug-likeness (QED) is 0.396. The summed E-state index contributed by atoms with van der Waals surface area (Å²) in [4.78, 5) is 28.2. The number of hydrogen-bond acceptors (Lipinski definition) is 7. The van der Waals surface area contributed by atoms with Crippen LogP contribution in [0.5, 0.6) is 0 Å². The number of aliphatic hydroxyl groups excluding tert-OH is 1. The van der Waals surface area contributed by atoms with Gasteiger partial charge in [-0.15, -0.1) is 0 Å². The second-order valence-corrected chi connectivity index (χ2v) is 8.90. The Morgan fingerprint density at radius 3 is 2.51 bits per heavy atom. The molecule has 0 saturated carbocycles. The number of nitrogens with zero attached hydrogens (tertiary/aromatic N) is 3. The van der Waals surface area contributed by atoms with Crippen molar-refractivity contribution in [3.8, 4) is 0 Å². The molecule has 1 aliphatic heterocycles. The third-order valence-corrected chi connectivity index (χ3v) is 6.10. The summed E-state index contributed by atoms with van der Waals surface area (Å²) in [6, 6.07) is 14.6. The van der Waals surface area contributed by atoms with Crippen LogP contribution in [0.2, 0.25) is 10.0 Å². The van der Waals surface area contributed by atoms with Crippen molar-refractivity contribution >= 4 is 34.7 Å². The van der Waals surface area contributed by atoms with E-state index in [1.807, 2.05) is 30.3 Å². The molecule has 1 atom stereocenters. The van der Waals surface area contributed by atoms with Crippen LogP contribution < -0.4 is 21.5 Å². The van der Waals surface area contributed by atoms with Gasteiger partial charge in [-0.2, -0.15) is 0 Å². The van der Waals surface area contributed by atoms with Crippen molar-refractivity contribution in [3.63, 3.8) is 0 Å². The number of anilines is 2. The summed E-state index contributed by atoms with van der Waals surface area (Å²) >= 11 is 12.1. The summed E-state index contributed by atoms with van der Waals surface area (Å²) in [6.07, 6.45) is -0.709. The molecule has 186 valence electrons. The van der Waals surface area contributed by atoms with Gasteiger partial charge in [-0.3, -0.25) is 13.9 Å². The van der Waals surface area contributed by atoms with Crippen LogP contribution in [0.1, 0.15) is 11.1 Å². The maximum atomic E-state index is 13.5. The summed E-state index contributed by atoms with van der Waals surface area (Å²) < 4.78 is 13.9. The molecule has 0 aliphatic carbocycles. The fraction of sp³-hybridized carbons (Fsp3) is 0.333. The highest BCUT2D eigenvalue weighted by Crippen LogP contribution is 2.32. The van der Waals surface area contributed by atoms with E-state index in [4.69, 9.17) is 37.8 Å². The first-order valence-corrected chi connectivity index (χ1v) is 11.8. The van der Waals surface area contributed by atoms with E-state index in [0.29, 0.717) is 28.1 Å². The first-order valence-electron chi connectivity index (χ1n) is 11.0. The van der Waals surface area contributed by atoms with Crippen LogP contribution in [0.3, 0.4) is 0 Å². The molecule has 0 bridgehead atoms. The van der Waals surface area contributed by atoms with Gasteiger partial charge in [-0.1, -0.05) is 47.5 Å². The summed E-state index contributed by atoms with van der Waals surface area (Å²) in [5.74, 6) is 0.373. The Bertz CT molecular complexity index is 1290. The molecule has 35 heavy (non-hydrogen) atoms. The number of ether oxygens (including phenoxy) is 2. The fourth-order valence-corrected chi connectivity index (χ4v) is 4.23. The number of halogens is 2. The van der Waals surface area contributed by atoms with E-state index in [0.717, 1.165) is 15.7 Å². The third-order valence-electron chi connectivity index (χ3n) is 5.61. The van der Waals surface area contributed by atoms with E-state index in [1.54, 1.807) is 30.1 Å². The molecule has 0 fully saturated rings. The molecular formula is C24H26Cl2N4O5. The summed E-state index contributed by atoms with van der Waals surface area (Å²) in [7, 11) is 1.60. The standard InChI is InChI=1S/C24H26Cl2N4O5/c1-28-21-20(22(32)29(24(28)33)9-11-34-12-10-31)30(14-16-5-7-18(25)8-6-16)23(27-21)35-15-17-3-2-4-19(26)13-17/h2-8,13,23,27,31H,9-12,14-15H2,1H3. The Kier molecular flexibility index (Phi) is 8.15. The minimum atomic E-state index is -0.709. The van der Waals surface area contributed by atoms with E-state index in [9.17, 15) is 9.59 Å². The van der Waals surface area contributed by atoms with Gasteiger partial charge in [-0.05, 0) is 35.4 Å². The van der Waals surface area contributed by atoms with Gasteiger partial charge < -0.3 is 24.8 Å². The van der Waals surface area contributed by atoms with Crippen molar-refractivity contribution in [2.45, 2.75) is 26.0 Å². The lowest BCUT2D eigenvalue weighted by Crippen LogP contribution is -2.43. The van der Waals surface area contributed by atoms with Crippen LogP contribution in [0, 0.1) is 0 Å². The molecule has 2 heterocycles. The van der Waals surface area contributed by atoms with E-state index in [2.05, 4.69) is 5.32 Å². The van der Waals surface area contributed by atoms with Gasteiger partial charge in [0.05, 0.1) is 33.0 Å². The average molecular weight is 521 g/mol. The van der Waals surface area contributed by atoms with E-state index >= 15 is 0 Å².